The second kappa shape index (κ2) is 7.27. The predicted molar refractivity (Wildman–Crippen MR) is 83.6 cm³/mol. The highest BCUT2D eigenvalue weighted by molar-refractivity contribution is 9.10. The molecule has 19 heavy (non-hydrogen) atoms. The molecule has 0 amide bonds. The summed E-state index contributed by atoms with van der Waals surface area (Å²) in [5.41, 5.74) is 2.64. The van der Waals surface area contributed by atoms with Crippen LogP contribution in [0.3, 0.4) is 0 Å². The summed E-state index contributed by atoms with van der Waals surface area (Å²) in [7, 11) is 1.98. The van der Waals surface area contributed by atoms with E-state index in [1.54, 1.807) is 0 Å². The Kier molecular flexibility index (Phi) is 5.67. The van der Waals surface area contributed by atoms with E-state index in [-0.39, 0.29) is 6.61 Å². The lowest BCUT2D eigenvalue weighted by molar-refractivity contribution is 0.283. The maximum absolute atomic E-state index is 9.11. The number of hydrogen-bond acceptors (Lipinski definition) is 3. The first-order valence-corrected chi connectivity index (χ1v) is 7.86. The van der Waals surface area contributed by atoms with Gasteiger partial charge in [0, 0.05) is 35.9 Å². The van der Waals surface area contributed by atoms with Crippen molar-refractivity contribution in [3.05, 3.63) is 28.2 Å². The van der Waals surface area contributed by atoms with Crippen molar-refractivity contribution in [3.8, 4) is 0 Å². The molecule has 2 rings (SSSR count). The molecule has 0 heterocycles. The van der Waals surface area contributed by atoms with Gasteiger partial charge in [-0.15, -0.1) is 0 Å². The second-order valence-electron chi connectivity index (χ2n) is 5.16. The van der Waals surface area contributed by atoms with Gasteiger partial charge < -0.3 is 15.3 Å². The van der Waals surface area contributed by atoms with Gasteiger partial charge in [0.25, 0.3) is 0 Å². The molecular formula is C15H23BrN2O. The van der Waals surface area contributed by atoms with Crippen molar-refractivity contribution in [3.63, 3.8) is 0 Å². The van der Waals surface area contributed by atoms with Crippen molar-refractivity contribution in [1.82, 2.24) is 5.32 Å². The Balaban J connectivity index is 2.24. The van der Waals surface area contributed by atoms with E-state index in [1.807, 2.05) is 7.05 Å². The molecule has 0 aromatic heterocycles. The number of hydrogen-bond donors (Lipinski definition) is 2. The number of halogens is 1. The molecule has 1 aromatic rings. The molecule has 0 spiro atoms. The van der Waals surface area contributed by atoms with E-state index in [9.17, 15) is 0 Å². The SMILES string of the molecule is CNCc1ccc(Br)cc1N(CCCO)C1CCC1. The van der Waals surface area contributed by atoms with Crippen LogP contribution in [0.15, 0.2) is 22.7 Å². The van der Waals surface area contributed by atoms with Crippen LogP contribution < -0.4 is 10.2 Å². The lowest BCUT2D eigenvalue weighted by Crippen LogP contribution is -2.41. The van der Waals surface area contributed by atoms with Crippen molar-refractivity contribution in [2.75, 3.05) is 25.1 Å². The standard InChI is InChI=1S/C15H23BrN2O/c1-17-11-12-6-7-13(16)10-15(12)18(8-3-9-19)14-4-2-5-14/h6-7,10,14,17,19H,2-5,8-9,11H2,1H3. The summed E-state index contributed by atoms with van der Waals surface area (Å²) < 4.78 is 1.12. The number of rotatable bonds is 7. The average Bonchev–Trinajstić information content (AvgIpc) is 2.34. The Bertz CT molecular complexity index is 407. The summed E-state index contributed by atoms with van der Waals surface area (Å²) in [6, 6.07) is 7.14. The van der Waals surface area contributed by atoms with Gasteiger partial charge in [0.05, 0.1) is 0 Å². The van der Waals surface area contributed by atoms with Crippen LogP contribution in [-0.2, 0) is 6.54 Å². The Morgan fingerprint density at radius 2 is 2.21 bits per heavy atom. The fraction of sp³-hybridized carbons (Fsp3) is 0.600. The van der Waals surface area contributed by atoms with Gasteiger partial charge in [0.2, 0.25) is 0 Å². The van der Waals surface area contributed by atoms with Crippen molar-refractivity contribution in [2.45, 2.75) is 38.3 Å². The largest absolute Gasteiger partial charge is 0.396 e. The first-order chi connectivity index (χ1) is 9.26. The topological polar surface area (TPSA) is 35.5 Å². The summed E-state index contributed by atoms with van der Waals surface area (Å²) in [5, 5.41) is 12.4. The zero-order valence-corrected chi connectivity index (χ0v) is 13.1. The molecule has 4 heteroatoms. The second-order valence-corrected chi connectivity index (χ2v) is 6.07. The zero-order valence-electron chi connectivity index (χ0n) is 11.5. The van der Waals surface area contributed by atoms with E-state index in [2.05, 4.69) is 44.3 Å². The van der Waals surface area contributed by atoms with Crippen LogP contribution >= 0.6 is 15.9 Å². The Morgan fingerprint density at radius 3 is 2.79 bits per heavy atom. The van der Waals surface area contributed by atoms with Crippen LogP contribution in [0.2, 0.25) is 0 Å². The summed E-state index contributed by atoms with van der Waals surface area (Å²) in [4.78, 5) is 2.48. The molecule has 0 bridgehead atoms. The van der Waals surface area contributed by atoms with Gasteiger partial charge in [-0.05, 0) is 50.4 Å². The van der Waals surface area contributed by atoms with Gasteiger partial charge in [-0.2, -0.15) is 0 Å². The number of aliphatic hydroxyl groups excluding tert-OH is 1. The van der Waals surface area contributed by atoms with E-state index < -0.39 is 0 Å². The number of anilines is 1. The summed E-state index contributed by atoms with van der Waals surface area (Å²) in [6.07, 6.45) is 4.71. The van der Waals surface area contributed by atoms with Crippen LogP contribution in [-0.4, -0.2) is 31.3 Å². The van der Waals surface area contributed by atoms with Gasteiger partial charge >= 0.3 is 0 Å². The normalized spacial score (nSPS) is 15.3. The minimum absolute atomic E-state index is 0.262. The lowest BCUT2D eigenvalue weighted by atomic mass is 9.90. The summed E-state index contributed by atoms with van der Waals surface area (Å²) >= 11 is 3.58. The van der Waals surface area contributed by atoms with Crippen LogP contribution in [0.25, 0.3) is 0 Å². The average molecular weight is 327 g/mol. The van der Waals surface area contributed by atoms with Crippen molar-refractivity contribution < 1.29 is 5.11 Å². The molecular weight excluding hydrogens is 304 g/mol. The maximum Gasteiger partial charge on any atom is 0.0447 e. The lowest BCUT2D eigenvalue weighted by Gasteiger charge is -2.40. The van der Waals surface area contributed by atoms with E-state index >= 15 is 0 Å². The van der Waals surface area contributed by atoms with Crippen molar-refractivity contribution >= 4 is 21.6 Å². The summed E-state index contributed by atoms with van der Waals surface area (Å²) in [6.45, 7) is 2.08. The van der Waals surface area contributed by atoms with Gasteiger partial charge in [0.1, 0.15) is 0 Å². The van der Waals surface area contributed by atoms with Gasteiger partial charge in [0.15, 0.2) is 0 Å². The molecule has 0 saturated heterocycles. The van der Waals surface area contributed by atoms with Crippen LogP contribution in [0.4, 0.5) is 5.69 Å². The third kappa shape index (κ3) is 3.71. The van der Waals surface area contributed by atoms with E-state index in [0.29, 0.717) is 6.04 Å². The quantitative estimate of drug-likeness (QED) is 0.808. The Morgan fingerprint density at radius 1 is 1.42 bits per heavy atom. The van der Waals surface area contributed by atoms with Gasteiger partial charge in [-0.1, -0.05) is 22.0 Å². The highest BCUT2D eigenvalue weighted by Gasteiger charge is 2.26. The Hall–Kier alpha value is -0.580. The third-order valence-corrected chi connectivity index (χ3v) is 4.29. The number of nitrogens with one attached hydrogen (secondary N) is 1. The smallest absolute Gasteiger partial charge is 0.0447 e. The van der Waals surface area contributed by atoms with Crippen LogP contribution in [0, 0.1) is 0 Å². The molecule has 1 saturated carbocycles. The highest BCUT2D eigenvalue weighted by Crippen LogP contribution is 2.33. The van der Waals surface area contributed by atoms with Crippen molar-refractivity contribution in [2.24, 2.45) is 0 Å². The van der Waals surface area contributed by atoms with Crippen LogP contribution in [0.5, 0.6) is 0 Å². The first kappa shape index (κ1) is 14.8. The summed E-state index contributed by atoms with van der Waals surface area (Å²) in [5.74, 6) is 0. The van der Waals surface area contributed by atoms with Crippen molar-refractivity contribution in [1.29, 1.82) is 0 Å². The fourth-order valence-corrected chi connectivity index (χ4v) is 2.93. The predicted octanol–water partition coefficient (Wildman–Crippen LogP) is 2.91. The molecule has 0 atom stereocenters. The fourth-order valence-electron chi connectivity index (χ4n) is 2.58. The van der Waals surface area contributed by atoms with E-state index in [4.69, 9.17) is 5.11 Å². The van der Waals surface area contributed by atoms with Gasteiger partial charge in [-0.3, -0.25) is 0 Å². The molecule has 0 unspecified atom stereocenters. The van der Waals surface area contributed by atoms with Gasteiger partial charge in [-0.25, -0.2) is 0 Å². The molecule has 1 aromatic carbocycles. The third-order valence-electron chi connectivity index (χ3n) is 3.80. The van der Waals surface area contributed by atoms with Crippen LogP contribution in [0.1, 0.15) is 31.2 Å². The highest BCUT2D eigenvalue weighted by atomic mass is 79.9. The van der Waals surface area contributed by atoms with E-state index in [1.165, 1.54) is 30.5 Å². The molecule has 1 aliphatic rings. The zero-order chi connectivity index (χ0) is 13.7. The number of nitrogens with zero attached hydrogens (tertiary/aromatic N) is 1. The minimum Gasteiger partial charge on any atom is -0.396 e. The molecule has 106 valence electrons. The monoisotopic (exact) mass is 326 g/mol. The van der Waals surface area contributed by atoms with E-state index in [0.717, 1.165) is 24.0 Å². The molecule has 0 radical (unpaired) electrons. The maximum atomic E-state index is 9.11. The molecule has 1 aliphatic carbocycles. The minimum atomic E-state index is 0.262. The molecule has 2 N–H and O–H groups in total. The molecule has 3 nitrogen and oxygen atoms in total. The number of aliphatic hydroxyl groups is 1. The first-order valence-electron chi connectivity index (χ1n) is 7.06. The Labute approximate surface area is 124 Å². The number of benzene rings is 1. The molecule has 1 fully saturated rings. The molecule has 0 aliphatic heterocycles.